The van der Waals surface area contributed by atoms with E-state index in [-0.39, 0.29) is 5.56 Å². The van der Waals surface area contributed by atoms with Crippen molar-refractivity contribution in [3.05, 3.63) is 23.8 Å². The van der Waals surface area contributed by atoms with E-state index in [0.717, 1.165) is 0 Å². The summed E-state index contributed by atoms with van der Waals surface area (Å²) in [5.41, 5.74) is 0.144. The molecule has 0 aromatic heterocycles. The summed E-state index contributed by atoms with van der Waals surface area (Å²) in [5.74, 6) is -1.41. The molecule has 0 unspecified atom stereocenters. The van der Waals surface area contributed by atoms with Crippen LogP contribution in [0.2, 0.25) is 0 Å². The van der Waals surface area contributed by atoms with Gasteiger partial charge in [-0.1, -0.05) is 6.07 Å². The van der Waals surface area contributed by atoms with E-state index in [9.17, 15) is 9.59 Å². The maximum absolute atomic E-state index is 12.0. The maximum atomic E-state index is 12.0. The third-order valence-electron chi connectivity index (χ3n) is 2.40. The van der Waals surface area contributed by atoms with E-state index in [1.807, 2.05) is 0 Å². The van der Waals surface area contributed by atoms with E-state index in [4.69, 9.17) is 19.7 Å². The minimum Gasteiger partial charge on any atom is -0.496 e. The van der Waals surface area contributed by atoms with Crippen molar-refractivity contribution >= 4 is 11.9 Å². The number of aliphatic carboxylic acids is 1. The Morgan fingerprint density at radius 1 is 1.26 bits per heavy atom. The lowest BCUT2D eigenvalue weighted by atomic mass is 10.1. The van der Waals surface area contributed by atoms with Crippen LogP contribution in [-0.2, 0) is 4.79 Å². The van der Waals surface area contributed by atoms with E-state index in [0.29, 0.717) is 11.5 Å². The standard InChI is InChI=1S/C12H15NO6/c1-18-8-4-3-5-9(19-2)10(8)11(15)13-6-7(14)12(16)17/h3-5,7,14H,6H2,1-2H3,(H,13,15)(H,16,17)/t7-/m0/s1. The van der Waals surface area contributed by atoms with Crippen molar-refractivity contribution < 1.29 is 29.3 Å². The van der Waals surface area contributed by atoms with Crippen molar-refractivity contribution in [1.82, 2.24) is 5.32 Å². The summed E-state index contributed by atoms with van der Waals surface area (Å²) < 4.78 is 10.1. The van der Waals surface area contributed by atoms with Crippen molar-refractivity contribution in [2.75, 3.05) is 20.8 Å². The van der Waals surface area contributed by atoms with Crippen molar-refractivity contribution in [2.45, 2.75) is 6.10 Å². The number of ether oxygens (including phenoxy) is 2. The van der Waals surface area contributed by atoms with Crippen LogP contribution in [0.1, 0.15) is 10.4 Å². The zero-order valence-corrected chi connectivity index (χ0v) is 10.5. The van der Waals surface area contributed by atoms with Gasteiger partial charge in [-0.2, -0.15) is 0 Å². The van der Waals surface area contributed by atoms with Gasteiger partial charge in [-0.25, -0.2) is 4.79 Å². The Morgan fingerprint density at radius 2 is 1.79 bits per heavy atom. The third kappa shape index (κ3) is 3.59. The molecule has 0 bridgehead atoms. The number of aliphatic hydroxyl groups is 1. The Hall–Kier alpha value is -2.28. The van der Waals surface area contributed by atoms with Gasteiger partial charge in [0.2, 0.25) is 0 Å². The highest BCUT2D eigenvalue weighted by atomic mass is 16.5. The van der Waals surface area contributed by atoms with Crippen LogP contribution in [0.25, 0.3) is 0 Å². The first-order valence-electron chi connectivity index (χ1n) is 5.41. The molecule has 0 aliphatic heterocycles. The molecule has 1 aromatic carbocycles. The lowest BCUT2D eigenvalue weighted by Gasteiger charge is -2.13. The molecule has 7 nitrogen and oxygen atoms in total. The number of rotatable bonds is 6. The van der Waals surface area contributed by atoms with Gasteiger partial charge in [-0.15, -0.1) is 0 Å². The second kappa shape index (κ2) is 6.60. The number of carbonyl (C=O) groups is 2. The van der Waals surface area contributed by atoms with E-state index < -0.39 is 24.5 Å². The predicted octanol–water partition coefficient (Wildman–Crippen LogP) is -0.121. The minimum absolute atomic E-state index is 0.144. The van der Waals surface area contributed by atoms with Gasteiger partial charge in [-0.05, 0) is 12.1 Å². The van der Waals surface area contributed by atoms with Gasteiger partial charge in [0.05, 0.1) is 20.8 Å². The molecule has 1 atom stereocenters. The van der Waals surface area contributed by atoms with Crippen LogP contribution in [-0.4, -0.2) is 49.0 Å². The minimum atomic E-state index is -1.66. The molecule has 19 heavy (non-hydrogen) atoms. The zero-order valence-electron chi connectivity index (χ0n) is 10.5. The molecule has 0 saturated heterocycles. The van der Waals surface area contributed by atoms with Crippen LogP contribution < -0.4 is 14.8 Å². The Kier molecular flexibility index (Phi) is 5.13. The largest absolute Gasteiger partial charge is 0.496 e. The molecule has 0 saturated carbocycles. The Balaban J connectivity index is 2.89. The highest BCUT2D eigenvalue weighted by Gasteiger charge is 2.20. The van der Waals surface area contributed by atoms with Crippen LogP contribution >= 0.6 is 0 Å². The summed E-state index contributed by atoms with van der Waals surface area (Å²) in [7, 11) is 2.80. The molecule has 0 radical (unpaired) electrons. The molecule has 0 aliphatic rings. The monoisotopic (exact) mass is 269 g/mol. The summed E-state index contributed by atoms with van der Waals surface area (Å²) in [4.78, 5) is 22.4. The first-order valence-corrected chi connectivity index (χ1v) is 5.41. The highest BCUT2D eigenvalue weighted by molar-refractivity contribution is 5.99. The van der Waals surface area contributed by atoms with Crippen LogP contribution in [0, 0.1) is 0 Å². The fraction of sp³-hybridized carbons (Fsp3) is 0.333. The molecular formula is C12H15NO6. The molecule has 104 valence electrons. The number of benzene rings is 1. The second-order valence-electron chi connectivity index (χ2n) is 3.60. The van der Waals surface area contributed by atoms with E-state index in [2.05, 4.69) is 5.32 Å². The number of carboxylic acids is 1. The lowest BCUT2D eigenvalue weighted by Crippen LogP contribution is -2.36. The molecule has 3 N–H and O–H groups in total. The fourth-order valence-electron chi connectivity index (χ4n) is 1.44. The summed E-state index contributed by atoms with van der Waals surface area (Å²) in [5, 5.41) is 19.9. The van der Waals surface area contributed by atoms with Crippen LogP contribution in [0.3, 0.4) is 0 Å². The van der Waals surface area contributed by atoms with Crippen LogP contribution in [0.4, 0.5) is 0 Å². The number of aliphatic hydroxyl groups excluding tert-OH is 1. The smallest absolute Gasteiger partial charge is 0.334 e. The highest BCUT2D eigenvalue weighted by Crippen LogP contribution is 2.27. The van der Waals surface area contributed by atoms with Crippen molar-refractivity contribution in [3.63, 3.8) is 0 Å². The molecule has 1 rings (SSSR count). The van der Waals surface area contributed by atoms with Crippen LogP contribution in [0.5, 0.6) is 11.5 Å². The Labute approximate surface area is 109 Å². The molecule has 0 aliphatic carbocycles. The van der Waals surface area contributed by atoms with Crippen molar-refractivity contribution in [2.24, 2.45) is 0 Å². The molecule has 1 amide bonds. The quantitative estimate of drug-likeness (QED) is 0.665. The zero-order chi connectivity index (χ0) is 14.4. The summed E-state index contributed by atoms with van der Waals surface area (Å²) in [6.45, 7) is -0.407. The van der Waals surface area contributed by atoms with Gasteiger partial charge >= 0.3 is 5.97 Å². The van der Waals surface area contributed by atoms with Gasteiger partial charge in [0.15, 0.2) is 6.10 Å². The fourth-order valence-corrected chi connectivity index (χ4v) is 1.44. The maximum Gasteiger partial charge on any atom is 0.334 e. The third-order valence-corrected chi connectivity index (χ3v) is 2.40. The number of nitrogens with one attached hydrogen (secondary N) is 1. The Bertz CT molecular complexity index is 451. The van der Waals surface area contributed by atoms with Gasteiger partial charge in [-0.3, -0.25) is 4.79 Å². The average molecular weight is 269 g/mol. The summed E-state index contributed by atoms with van der Waals surface area (Å²) in [6, 6.07) is 4.80. The van der Waals surface area contributed by atoms with Crippen LogP contribution in [0.15, 0.2) is 18.2 Å². The first-order chi connectivity index (χ1) is 9.01. The number of methoxy groups -OCH3 is 2. The number of amides is 1. The molecule has 7 heteroatoms. The normalized spacial score (nSPS) is 11.5. The lowest BCUT2D eigenvalue weighted by molar-refractivity contribution is -0.146. The van der Waals surface area contributed by atoms with Gasteiger partial charge in [0, 0.05) is 0 Å². The van der Waals surface area contributed by atoms with E-state index >= 15 is 0 Å². The molecule has 0 spiro atoms. The Morgan fingerprint density at radius 3 is 2.21 bits per heavy atom. The van der Waals surface area contributed by atoms with Crippen molar-refractivity contribution in [3.8, 4) is 11.5 Å². The van der Waals surface area contributed by atoms with E-state index in [1.165, 1.54) is 14.2 Å². The molecule has 1 aromatic rings. The number of hydrogen-bond donors (Lipinski definition) is 3. The van der Waals surface area contributed by atoms with Gasteiger partial charge in [0.25, 0.3) is 5.91 Å². The topological polar surface area (TPSA) is 105 Å². The first kappa shape index (κ1) is 14.8. The predicted molar refractivity (Wildman–Crippen MR) is 65.5 cm³/mol. The van der Waals surface area contributed by atoms with Crippen molar-refractivity contribution in [1.29, 1.82) is 0 Å². The second-order valence-corrected chi connectivity index (χ2v) is 3.60. The molecule has 0 heterocycles. The summed E-state index contributed by atoms with van der Waals surface area (Å²) in [6.07, 6.45) is -1.66. The molecule has 0 fully saturated rings. The average Bonchev–Trinajstić information content (AvgIpc) is 2.42. The van der Waals surface area contributed by atoms with E-state index in [1.54, 1.807) is 18.2 Å². The number of carboxylic acid groups (broad SMARTS) is 1. The summed E-state index contributed by atoms with van der Waals surface area (Å²) >= 11 is 0. The number of carbonyl (C=O) groups excluding carboxylic acids is 1. The SMILES string of the molecule is COc1cccc(OC)c1C(=O)NC[C@H](O)C(=O)O. The number of hydrogen-bond acceptors (Lipinski definition) is 5. The van der Waals surface area contributed by atoms with Gasteiger partial charge in [0.1, 0.15) is 17.1 Å². The molecular weight excluding hydrogens is 254 g/mol. The van der Waals surface area contributed by atoms with Gasteiger partial charge < -0.3 is 25.0 Å².